The number of nitrogens with one attached hydrogen (secondary N) is 1. The van der Waals surface area contributed by atoms with Crippen LogP contribution in [0.1, 0.15) is 61.4 Å². The molecule has 1 amide bonds. The lowest BCUT2D eigenvalue weighted by molar-refractivity contribution is -0.121. The van der Waals surface area contributed by atoms with Crippen molar-refractivity contribution in [2.24, 2.45) is 0 Å². The van der Waals surface area contributed by atoms with Gasteiger partial charge < -0.3 is 10.1 Å². The number of hydrogen-bond acceptors (Lipinski definition) is 2. The van der Waals surface area contributed by atoms with Gasteiger partial charge in [0.1, 0.15) is 11.4 Å². The van der Waals surface area contributed by atoms with Crippen LogP contribution in [0.25, 0.3) is 0 Å². The molecule has 1 heterocycles. The Balaban J connectivity index is 1.81. The molecule has 0 saturated heterocycles. The predicted octanol–water partition coefficient (Wildman–Crippen LogP) is 5.04. The van der Waals surface area contributed by atoms with E-state index in [1.165, 1.54) is 5.56 Å². The molecular formula is C23H29NO2. The monoisotopic (exact) mass is 351 g/mol. The van der Waals surface area contributed by atoms with Gasteiger partial charge in [-0.1, -0.05) is 55.8 Å². The maximum absolute atomic E-state index is 12.8. The minimum Gasteiger partial charge on any atom is -0.487 e. The van der Waals surface area contributed by atoms with Gasteiger partial charge in [-0.25, -0.2) is 0 Å². The number of benzene rings is 2. The lowest BCUT2D eigenvalue weighted by Gasteiger charge is -2.41. The molecule has 1 aliphatic rings. The first-order valence-electron chi connectivity index (χ1n) is 9.60. The molecule has 3 nitrogen and oxygen atoms in total. The van der Waals surface area contributed by atoms with Crippen molar-refractivity contribution in [3.05, 3.63) is 64.7 Å². The first-order chi connectivity index (χ1) is 12.5. The van der Waals surface area contributed by atoms with Crippen LogP contribution in [-0.2, 0) is 11.2 Å². The maximum atomic E-state index is 12.8. The molecule has 0 bridgehead atoms. The Hall–Kier alpha value is -2.29. The second-order valence-electron chi connectivity index (χ2n) is 7.46. The van der Waals surface area contributed by atoms with E-state index in [0.717, 1.165) is 41.7 Å². The highest BCUT2D eigenvalue weighted by atomic mass is 16.5. The Morgan fingerprint density at radius 2 is 1.88 bits per heavy atom. The summed E-state index contributed by atoms with van der Waals surface area (Å²) in [5.41, 5.74) is 4.32. The van der Waals surface area contributed by atoms with Crippen LogP contribution in [0.5, 0.6) is 5.75 Å². The third-order valence-corrected chi connectivity index (χ3v) is 5.68. The van der Waals surface area contributed by atoms with Crippen LogP contribution < -0.4 is 10.1 Å². The van der Waals surface area contributed by atoms with E-state index in [1.54, 1.807) is 0 Å². The first-order valence-corrected chi connectivity index (χ1v) is 9.60. The highest BCUT2D eigenvalue weighted by molar-refractivity contribution is 5.79. The first kappa shape index (κ1) is 18.5. The molecule has 138 valence electrons. The summed E-state index contributed by atoms with van der Waals surface area (Å²) in [4.78, 5) is 12.8. The minimum absolute atomic E-state index is 0.00235. The Kier molecular flexibility index (Phi) is 5.36. The summed E-state index contributed by atoms with van der Waals surface area (Å²) < 4.78 is 6.33. The lowest BCUT2D eigenvalue weighted by Crippen LogP contribution is -2.44. The molecule has 0 radical (unpaired) electrons. The molecule has 0 saturated carbocycles. The molecule has 2 aromatic carbocycles. The molecule has 26 heavy (non-hydrogen) atoms. The van der Waals surface area contributed by atoms with Crippen LogP contribution in [0.4, 0.5) is 0 Å². The molecule has 1 atom stereocenters. The van der Waals surface area contributed by atoms with Crippen LogP contribution in [-0.4, -0.2) is 11.5 Å². The quantitative estimate of drug-likeness (QED) is 0.819. The number of carbonyl (C=O) groups is 1. The van der Waals surface area contributed by atoms with Gasteiger partial charge in [0.05, 0.1) is 12.5 Å². The topological polar surface area (TPSA) is 38.3 Å². The highest BCUT2D eigenvalue weighted by Gasteiger charge is 2.38. The zero-order valence-corrected chi connectivity index (χ0v) is 16.3. The van der Waals surface area contributed by atoms with E-state index in [2.05, 4.69) is 57.3 Å². The number of para-hydroxylation sites is 1. The number of hydrogen-bond donors (Lipinski definition) is 1. The Labute approximate surface area is 156 Å². The Bertz CT molecular complexity index is 793. The molecule has 1 N–H and O–H groups in total. The Morgan fingerprint density at radius 3 is 2.62 bits per heavy atom. The smallest absolute Gasteiger partial charge is 0.224 e. The fraction of sp³-hybridized carbons (Fsp3) is 0.435. The highest BCUT2D eigenvalue weighted by Crippen LogP contribution is 2.42. The zero-order chi connectivity index (χ0) is 18.7. The van der Waals surface area contributed by atoms with E-state index in [1.807, 2.05) is 18.2 Å². The summed E-state index contributed by atoms with van der Waals surface area (Å²) in [5, 5.41) is 3.27. The summed E-state index contributed by atoms with van der Waals surface area (Å²) >= 11 is 0. The van der Waals surface area contributed by atoms with Crippen molar-refractivity contribution in [3.8, 4) is 5.75 Å². The van der Waals surface area contributed by atoms with Gasteiger partial charge in [0, 0.05) is 12.0 Å². The van der Waals surface area contributed by atoms with Crippen molar-refractivity contribution >= 4 is 5.91 Å². The molecule has 0 aromatic heterocycles. The van der Waals surface area contributed by atoms with Crippen molar-refractivity contribution in [2.75, 3.05) is 0 Å². The fourth-order valence-corrected chi connectivity index (χ4v) is 3.84. The molecular weight excluding hydrogens is 322 g/mol. The third-order valence-electron chi connectivity index (χ3n) is 5.68. The van der Waals surface area contributed by atoms with E-state index in [4.69, 9.17) is 4.74 Å². The van der Waals surface area contributed by atoms with E-state index in [-0.39, 0.29) is 17.6 Å². The van der Waals surface area contributed by atoms with Crippen molar-refractivity contribution in [3.63, 3.8) is 0 Å². The van der Waals surface area contributed by atoms with Crippen molar-refractivity contribution in [2.45, 2.75) is 65.0 Å². The summed E-state index contributed by atoms with van der Waals surface area (Å²) in [5.74, 6) is 0.973. The fourth-order valence-electron chi connectivity index (χ4n) is 3.84. The van der Waals surface area contributed by atoms with Gasteiger partial charge in [-0.05, 0) is 43.9 Å². The average molecular weight is 351 g/mol. The minimum atomic E-state index is -0.203. The molecule has 0 spiro atoms. The molecule has 1 unspecified atom stereocenters. The van der Waals surface area contributed by atoms with Gasteiger partial charge in [-0.15, -0.1) is 0 Å². The second kappa shape index (κ2) is 7.53. The number of rotatable bonds is 5. The molecule has 2 aromatic rings. The van der Waals surface area contributed by atoms with Crippen LogP contribution in [0.15, 0.2) is 42.5 Å². The van der Waals surface area contributed by atoms with Crippen molar-refractivity contribution < 1.29 is 9.53 Å². The maximum Gasteiger partial charge on any atom is 0.224 e. The summed E-state index contributed by atoms with van der Waals surface area (Å²) in [7, 11) is 0. The van der Waals surface area contributed by atoms with Gasteiger partial charge in [0.15, 0.2) is 0 Å². The molecule has 0 fully saturated rings. The number of aryl methyl sites for hydroxylation is 2. The van der Waals surface area contributed by atoms with Crippen molar-refractivity contribution in [1.29, 1.82) is 0 Å². The standard InChI is InChI=1S/C23H29NO2/c1-5-23(6-2)15-20(19-9-7-8-10-21(19)26-23)24-22(25)14-18-13-16(3)11-12-17(18)4/h7-13,20H,5-6,14-15H2,1-4H3,(H,24,25). The number of carbonyl (C=O) groups excluding carboxylic acids is 1. The van der Waals surface area contributed by atoms with Crippen LogP contribution in [0.2, 0.25) is 0 Å². The lowest BCUT2D eigenvalue weighted by atomic mass is 9.83. The van der Waals surface area contributed by atoms with E-state index < -0.39 is 0 Å². The van der Waals surface area contributed by atoms with E-state index >= 15 is 0 Å². The summed E-state index contributed by atoms with van der Waals surface area (Å²) in [6.07, 6.45) is 3.09. The molecule has 3 rings (SSSR count). The third kappa shape index (κ3) is 3.77. The van der Waals surface area contributed by atoms with Crippen LogP contribution in [0.3, 0.4) is 0 Å². The molecule has 3 heteroatoms. The van der Waals surface area contributed by atoms with Gasteiger partial charge >= 0.3 is 0 Å². The average Bonchev–Trinajstić information content (AvgIpc) is 2.64. The number of ether oxygens (including phenoxy) is 1. The van der Waals surface area contributed by atoms with E-state index in [9.17, 15) is 4.79 Å². The number of amides is 1. The van der Waals surface area contributed by atoms with Crippen LogP contribution in [0, 0.1) is 13.8 Å². The summed E-state index contributed by atoms with van der Waals surface area (Å²) in [6.45, 7) is 8.44. The number of fused-ring (bicyclic) bond motifs is 1. The predicted molar refractivity (Wildman–Crippen MR) is 106 cm³/mol. The van der Waals surface area contributed by atoms with Gasteiger partial charge in [0.2, 0.25) is 5.91 Å². The normalized spacial score (nSPS) is 17.9. The second-order valence-corrected chi connectivity index (χ2v) is 7.46. The SMILES string of the molecule is CCC1(CC)CC(NC(=O)Cc2cc(C)ccc2C)c2ccccc2O1. The van der Waals surface area contributed by atoms with Crippen molar-refractivity contribution in [1.82, 2.24) is 5.32 Å². The largest absolute Gasteiger partial charge is 0.487 e. The summed E-state index contributed by atoms with van der Waals surface area (Å²) in [6, 6.07) is 14.4. The Morgan fingerprint density at radius 1 is 1.15 bits per heavy atom. The molecule has 1 aliphatic heterocycles. The van der Waals surface area contributed by atoms with Gasteiger partial charge in [-0.2, -0.15) is 0 Å². The van der Waals surface area contributed by atoms with Gasteiger partial charge in [0.25, 0.3) is 0 Å². The zero-order valence-electron chi connectivity index (χ0n) is 16.3. The van der Waals surface area contributed by atoms with Gasteiger partial charge in [-0.3, -0.25) is 4.79 Å². The van der Waals surface area contributed by atoms with Crippen LogP contribution >= 0.6 is 0 Å². The van der Waals surface area contributed by atoms with E-state index in [0.29, 0.717) is 6.42 Å². The molecule has 0 aliphatic carbocycles.